The molecule has 4 N–H and O–H groups in total. The Kier molecular flexibility index (Phi) is 7.39. The quantitative estimate of drug-likeness (QED) is 0.763. The zero-order valence-corrected chi connectivity index (χ0v) is 20.0. The fraction of sp³-hybridized carbons (Fsp3) is 0.560. The highest BCUT2D eigenvalue weighted by atomic mass is 16.1. The maximum absolute atomic E-state index is 11.4. The second-order valence-corrected chi connectivity index (χ2v) is 9.94. The topological polar surface area (TPSA) is 101 Å². The number of nitrogens with two attached hydrogens (primary N) is 2. The number of rotatable bonds is 3. The summed E-state index contributed by atoms with van der Waals surface area (Å²) in [5, 5.41) is 0. The number of anilines is 2. The van der Waals surface area contributed by atoms with Gasteiger partial charge in [-0.2, -0.15) is 0 Å². The van der Waals surface area contributed by atoms with Crippen molar-refractivity contribution in [2.75, 3.05) is 36.0 Å². The van der Waals surface area contributed by atoms with Gasteiger partial charge in [0.15, 0.2) is 0 Å². The van der Waals surface area contributed by atoms with Gasteiger partial charge in [0.05, 0.1) is 0 Å². The van der Waals surface area contributed by atoms with Crippen molar-refractivity contribution >= 4 is 17.5 Å². The van der Waals surface area contributed by atoms with E-state index in [0.717, 1.165) is 63.5 Å². The normalized spacial score (nSPS) is 19.7. The Balaban J connectivity index is 0.000000182. The molecule has 2 aliphatic heterocycles. The molecule has 2 aromatic rings. The summed E-state index contributed by atoms with van der Waals surface area (Å²) < 4.78 is 0. The minimum Gasteiger partial charge on any atom is -0.369 e. The summed E-state index contributed by atoms with van der Waals surface area (Å²) in [5.74, 6) is 1.90. The molecule has 0 atom stereocenters. The molecule has 0 saturated carbocycles. The molecule has 2 saturated heterocycles. The molecule has 0 bridgehead atoms. The highest BCUT2D eigenvalue weighted by Gasteiger charge is 2.35. The summed E-state index contributed by atoms with van der Waals surface area (Å²) in [6, 6.07) is 8.23. The third-order valence-corrected chi connectivity index (χ3v) is 6.82. The molecule has 2 fully saturated rings. The lowest BCUT2D eigenvalue weighted by Crippen LogP contribution is -2.48. The van der Waals surface area contributed by atoms with Crippen LogP contribution in [0, 0.1) is 19.3 Å². The number of aryl methyl sites for hydroxylation is 2. The van der Waals surface area contributed by atoms with Crippen LogP contribution in [0.5, 0.6) is 0 Å². The molecule has 7 heteroatoms. The zero-order valence-electron chi connectivity index (χ0n) is 20.0. The second kappa shape index (κ2) is 9.86. The molecule has 174 valence electrons. The van der Waals surface area contributed by atoms with Gasteiger partial charge in [-0.25, -0.2) is 9.97 Å². The van der Waals surface area contributed by atoms with Crippen molar-refractivity contribution < 1.29 is 4.79 Å². The van der Waals surface area contributed by atoms with Gasteiger partial charge in [-0.05, 0) is 81.8 Å². The molecule has 2 aromatic heterocycles. The third kappa shape index (κ3) is 6.19. The van der Waals surface area contributed by atoms with E-state index in [9.17, 15) is 4.79 Å². The Hall–Kier alpha value is -2.67. The van der Waals surface area contributed by atoms with E-state index in [1.54, 1.807) is 0 Å². The molecular weight excluding hydrogens is 400 g/mol. The smallest absolute Gasteiger partial charge is 0.223 e. The van der Waals surface area contributed by atoms with Crippen molar-refractivity contribution in [2.24, 2.45) is 16.9 Å². The van der Waals surface area contributed by atoms with Crippen LogP contribution in [0.1, 0.15) is 50.7 Å². The minimum atomic E-state index is -0.347. The van der Waals surface area contributed by atoms with Gasteiger partial charge < -0.3 is 21.3 Å². The third-order valence-electron chi connectivity index (χ3n) is 6.82. The average molecular weight is 439 g/mol. The summed E-state index contributed by atoms with van der Waals surface area (Å²) in [6.07, 6.45) is 7.40. The van der Waals surface area contributed by atoms with Gasteiger partial charge >= 0.3 is 0 Å². The van der Waals surface area contributed by atoms with E-state index in [-0.39, 0.29) is 16.9 Å². The summed E-state index contributed by atoms with van der Waals surface area (Å²) in [5.41, 5.74) is 13.7. The first-order valence-corrected chi connectivity index (χ1v) is 11.5. The molecule has 2 aliphatic rings. The molecule has 32 heavy (non-hydrogen) atoms. The number of hydrogen-bond acceptors (Lipinski definition) is 6. The zero-order chi connectivity index (χ0) is 23.4. The molecule has 0 unspecified atom stereocenters. The van der Waals surface area contributed by atoms with E-state index in [0.29, 0.717) is 0 Å². The minimum absolute atomic E-state index is 0.0142. The van der Waals surface area contributed by atoms with E-state index in [4.69, 9.17) is 11.5 Å². The predicted octanol–water partition coefficient (Wildman–Crippen LogP) is 3.19. The maximum atomic E-state index is 11.4. The lowest BCUT2D eigenvalue weighted by Gasteiger charge is -2.37. The van der Waals surface area contributed by atoms with Gasteiger partial charge in [-0.1, -0.05) is 6.92 Å². The first-order valence-electron chi connectivity index (χ1n) is 11.5. The van der Waals surface area contributed by atoms with Crippen molar-refractivity contribution in [2.45, 2.75) is 58.9 Å². The highest BCUT2D eigenvalue weighted by molar-refractivity contribution is 5.80. The number of amides is 1. The maximum Gasteiger partial charge on any atom is 0.223 e. The largest absolute Gasteiger partial charge is 0.369 e. The molecule has 4 heterocycles. The van der Waals surface area contributed by atoms with Crippen LogP contribution in [0.2, 0.25) is 0 Å². The summed E-state index contributed by atoms with van der Waals surface area (Å²) in [6.45, 7) is 12.0. The van der Waals surface area contributed by atoms with E-state index < -0.39 is 0 Å². The number of piperidine rings is 2. The molecule has 4 rings (SSSR count). The molecule has 0 spiro atoms. The molecule has 0 aliphatic carbocycles. The Morgan fingerprint density at radius 3 is 1.62 bits per heavy atom. The number of aromatic nitrogens is 2. The van der Waals surface area contributed by atoms with Gasteiger partial charge in [0, 0.05) is 49.5 Å². The fourth-order valence-electron chi connectivity index (χ4n) is 4.11. The monoisotopic (exact) mass is 438 g/mol. The van der Waals surface area contributed by atoms with E-state index >= 15 is 0 Å². The van der Waals surface area contributed by atoms with Crippen molar-refractivity contribution in [3.8, 4) is 0 Å². The number of carbonyl (C=O) groups is 1. The summed E-state index contributed by atoms with van der Waals surface area (Å²) >= 11 is 0. The molecule has 7 nitrogen and oxygen atoms in total. The molecular formula is C25H38N6O. The summed E-state index contributed by atoms with van der Waals surface area (Å²) in [7, 11) is 0. The predicted molar refractivity (Wildman–Crippen MR) is 131 cm³/mol. The first-order chi connectivity index (χ1) is 15.1. The van der Waals surface area contributed by atoms with Crippen LogP contribution < -0.4 is 21.3 Å². The number of pyridine rings is 2. The Labute approximate surface area is 192 Å². The van der Waals surface area contributed by atoms with Gasteiger partial charge in [-0.3, -0.25) is 4.79 Å². The SMILES string of the molecule is Cc1ccnc(N2CCC(C)(C(N)=O)CC2)c1.Cc1ccnc(N2CCC(C)(N)CC2)c1. The van der Waals surface area contributed by atoms with Crippen LogP contribution in [-0.2, 0) is 4.79 Å². The average Bonchev–Trinajstić information content (AvgIpc) is 2.75. The van der Waals surface area contributed by atoms with Crippen LogP contribution in [0.4, 0.5) is 11.6 Å². The second-order valence-electron chi connectivity index (χ2n) is 9.94. The summed E-state index contributed by atoms with van der Waals surface area (Å²) in [4.78, 5) is 24.7. The standard InChI is InChI=1S/C13H19N3O.C12H19N3/c1-10-3-6-15-11(9-10)16-7-4-13(2,5-8-16)12(14)17;1-10-3-6-14-11(9-10)15-7-4-12(2,13)5-8-15/h3,6,9H,4-5,7-8H2,1-2H3,(H2,14,17);3,6,9H,4-5,7-8,13H2,1-2H3. The number of nitrogens with zero attached hydrogens (tertiary/aromatic N) is 4. The van der Waals surface area contributed by atoms with Gasteiger partial charge in [0.25, 0.3) is 0 Å². The van der Waals surface area contributed by atoms with Crippen molar-refractivity contribution in [1.82, 2.24) is 9.97 Å². The van der Waals surface area contributed by atoms with Crippen LogP contribution in [0.25, 0.3) is 0 Å². The van der Waals surface area contributed by atoms with Crippen molar-refractivity contribution in [3.63, 3.8) is 0 Å². The van der Waals surface area contributed by atoms with E-state index in [2.05, 4.69) is 52.7 Å². The van der Waals surface area contributed by atoms with Gasteiger partial charge in [0.2, 0.25) is 5.91 Å². The van der Waals surface area contributed by atoms with E-state index in [1.807, 2.05) is 31.5 Å². The van der Waals surface area contributed by atoms with Crippen molar-refractivity contribution in [3.05, 3.63) is 47.8 Å². The number of primary amides is 1. The van der Waals surface area contributed by atoms with Crippen LogP contribution in [0.3, 0.4) is 0 Å². The van der Waals surface area contributed by atoms with Crippen molar-refractivity contribution in [1.29, 1.82) is 0 Å². The Bertz CT molecular complexity index is 910. The molecule has 0 aromatic carbocycles. The Morgan fingerprint density at radius 1 is 0.844 bits per heavy atom. The van der Waals surface area contributed by atoms with Crippen LogP contribution in [-0.4, -0.2) is 47.6 Å². The molecule has 0 radical (unpaired) electrons. The fourth-order valence-corrected chi connectivity index (χ4v) is 4.11. The number of hydrogen-bond donors (Lipinski definition) is 2. The lowest BCUT2D eigenvalue weighted by atomic mass is 9.80. The van der Waals surface area contributed by atoms with Gasteiger partial charge in [-0.15, -0.1) is 0 Å². The highest BCUT2D eigenvalue weighted by Crippen LogP contribution is 2.32. The van der Waals surface area contributed by atoms with Gasteiger partial charge in [0.1, 0.15) is 11.6 Å². The van der Waals surface area contributed by atoms with E-state index in [1.165, 1.54) is 11.1 Å². The number of carbonyl (C=O) groups excluding carboxylic acids is 1. The lowest BCUT2D eigenvalue weighted by molar-refractivity contribution is -0.127. The Morgan fingerprint density at radius 2 is 1.25 bits per heavy atom. The first kappa shape index (κ1) is 24.0. The van der Waals surface area contributed by atoms with Crippen LogP contribution >= 0.6 is 0 Å². The van der Waals surface area contributed by atoms with Crippen LogP contribution in [0.15, 0.2) is 36.7 Å². The molecule has 1 amide bonds.